The van der Waals surface area contributed by atoms with Crippen LogP contribution in [0.3, 0.4) is 0 Å². The topological polar surface area (TPSA) is 199 Å². The highest BCUT2D eigenvalue weighted by molar-refractivity contribution is 6.32. The number of aliphatic hydroxyl groups is 1. The maximum absolute atomic E-state index is 14.1. The van der Waals surface area contributed by atoms with Crippen molar-refractivity contribution in [2.24, 2.45) is 29.4 Å². The van der Waals surface area contributed by atoms with Crippen LogP contribution in [0.25, 0.3) is 0 Å². The molecule has 6 N–H and O–H groups in total. The van der Waals surface area contributed by atoms with Gasteiger partial charge in [0, 0.05) is 31.2 Å². The van der Waals surface area contributed by atoms with Gasteiger partial charge in [0.1, 0.15) is 5.75 Å². The van der Waals surface area contributed by atoms with E-state index in [1.807, 2.05) is 20.8 Å². The van der Waals surface area contributed by atoms with E-state index < -0.39 is 76.0 Å². The van der Waals surface area contributed by atoms with Crippen LogP contribution in [-0.2, 0) is 30.4 Å². The molecule has 3 aliphatic rings. The van der Waals surface area contributed by atoms with Gasteiger partial charge in [0.2, 0.25) is 11.8 Å². The lowest BCUT2D eigenvalue weighted by molar-refractivity contribution is -0.181. The molecule has 1 aromatic rings. The molecular weight excluding hydrogens is 546 g/mol. The first-order valence-corrected chi connectivity index (χ1v) is 13.8. The van der Waals surface area contributed by atoms with Gasteiger partial charge in [0.15, 0.2) is 34.7 Å². The highest BCUT2D eigenvalue weighted by Crippen LogP contribution is 2.52. The maximum Gasteiger partial charge on any atom is 0.238 e. The standard InChI is InChI=1S/C29H39N5O8/c1-28(2,3)31-11-17(35)32-15-10-16(33(4)5)13-8-12-9-14-21(34(6)7)24(38)20(27(30)41)26(40)29(14,42)25(39)18(12)23(37)19(13)22(15)36/h10,12,14,18,20-21,31,36,42H,8-9,11H2,1-7H3,(H2,30,41)(H,32,35)/t12-,14-,18?,20?,21-,29-/m1/s1. The number of amides is 2. The van der Waals surface area contributed by atoms with Gasteiger partial charge >= 0.3 is 0 Å². The van der Waals surface area contributed by atoms with E-state index in [1.54, 1.807) is 25.1 Å². The molecule has 0 aromatic heterocycles. The highest BCUT2D eigenvalue weighted by Gasteiger charge is 2.69. The number of benzene rings is 1. The van der Waals surface area contributed by atoms with Gasteiger partial charge in [-0.2, -0.15) is 0 Å². The van der Waals surface area contributed by atoms with Gasteiger partial charge in [0.25, 0.3) is 0 Å². The van der Waals surface area contributed by atoms with E-state index in [1.165, 1.54) is 19.0 Å². The molecule has 2 unspecified atom stereocenters. The molecule has 2 amide bonds. The first-order valence-electron chi connectivity index (χ1n) is 13.8. The number of carbonyl (C=O) groups excluding carboxylic acids is 6. The first-order chi connectivity index (χ1) is 19.3. The van der Waals surface area contributed by atoms with Crippen molar-refractivity contribution in [3.8, 4) is 5.75 Å². The van der Waals surface area contributed by atoms with Gasteiger partial charge < -0.3 is 31.5 Å². The summed E-state index contributed by atoms with van der Waals surface area (Å²) < 4.78 is 0. The zero-order valence-corrected chi connectivity index (χ0v) is 24.9. The minimum absolute atomic E-state index is 0.0365. The van der Waals surface area contributed by atoms with Crippen molar-refractivity contribution in [3.05, 3.63) is 17.2 Å². The van der Waals surface area contributed by atoms with Crippen LogP contribution in [0.15, 0.2) is 6.07 Å². The van der Waals surface area contributed by atoms with Crippen LogP contribution in [0.1, 0.15) is 43.1 Å². The van der Waals surface area contributed by atoms with E-state index in [2.05, 4.69) is 10.6 Å². The van der Waals surface area contributed by atoms with Gasteiger partial charge in [-0.05, 0) is 65.3 Å². The highest BCUT2D eigenvalue weighted by atomic mass is 16.3. The molecule has 0 heterocycles. The van der Waals surface area contributed by atoms with Crippen molar-refractivity contribution in [2.45, 2.75) is 50.8 Å². The molecular formula is C29H39N5O8. The molecule has 2 saturated carbocycles. The van der Waals surface area contributed by atoms with Crippen molar-refractivity contribution >= 4 is 46.3 Å². The summed E-state index contributed by atoms with van der Waals surface area (Å²) >= 11 is 0. The third-order valence-electron chi connectivity index (χ3n) is 8.57. The Kier molecular flexibility index (Phi) is 7.85. The Labute approximate surface area is 243 Å². The number of primary amides is 1. The van der Waals surface area contributed by atoms with Crippen LogP contribution in [0.4, 0.5) is 11.4 Å². The lowest BCUT2D eigenvalue weighted by Crippen LogP contribution is -2.74. The third-order valence-corrected chi connectivity index (χ3v) is 8.57. The number of likely N-dealkylation sites (N-methyl/N-ethyl adjacent to an activating group) is 1. The second-order valence-electron chi connectivity index (χ2n) is 13.0. The van der Waals surface area contributed by atoms with E-state index in [9.17, 15) is 39.0 Å². The van der Waals surface area contributed by atoms with Gasteiger partial charge in [-0.3, -0.25) is 33.7 Å². The van der Waals surface area contributed by atoms with E-state index in [0.29, 0.717) is 11.3 Å². The van der Waals surface area contributed by atoms with Crippen molar-refractivity contribution in [3.63, 3.8) is 0 Å². The summed E-state index contributed by atoms with van der Waals surface area (Å²) in [6, 6.07) is 0.374. The van der Waals surface area contributed by atoms with Crippen LogP contribution in [0.2, 0.25) is 0 Å². The molecule has 0 aliphatic heterocycles. The number of nitrogens with one attached hydrogen (secondary N) is 2. The largest absolute Gasteiger partial charge is 0.505 e. The lowest BCUT2D eigenvalue weighted by atomic mass is 9.52. The number of fused-ring (bicyclic) bond motifs is 3. The number of phenolic OH excluding ortho intramolecular Hbond substituents is 1. The van der Waals surface area contributed by atoms with Crippen LogP contribution in [0.5, 0.6) is 5.75 Å². The fourth-order valence-corrected chi connectivity index (χ4v) is 6.69. The second-order valence-corrected chi connectivity index (χ2v) is 13.0. The molecule has 42 heavy (non-hydrogen) atoms. The first kappa shape index (κ1) is 31.3. The van der Waals surface area contributed by atoms with E-state index in [-0.39, 0.29) is 36.2 Å². The number of hydrogen-bond acceptors (Lipinski definition) is 11. The quantitative estimate of drug-likeness (QED) is 0.208. The van der Waals surface area contributed by atoms with E-state index in [4.69, 9.17) is 5.73 Å². The zero-order valence-electron chi connectivity index (χ0n) is 24.9. The fraction of sp³-hybridized carbons (Fsp3) is 0.586. The molecule has 13 nitrogen and oxygen atoms in total. The molecule has 0 spiro atoms. The summed E-state index contributed by atoms with van der Waals surface area (Å²) in [7, 11) is 6.52. The fourth-order valence-electron chi connectivity index (χ4n) is 6.69. The monoisotopic (exact) mass is 585 g/mol. The minimum Gasteiger partial charge on any atom is -0.505 e. The summed E-state index contributed by atoms with van der Waals surface area (Å²) in [5.74, 6) is -11.8. The predicted molar refractivity (Wildman–Crippen MR) is 152 cm³/mol. The number of aromatic hydroxyl groups is 1. The Balaban J connectivity index is 1.81. The average Bonchev–Trinajstić information content (AvgIpc) is 2.85. The van der Waals surface area contributed by atoms with E-state index >= 15 is 0 Å². The predicted octanol–water partition coefficient (Wildman–Crippen LogP) is -0.740. The van der Waals surface area contributed by atoms with Crippen molar-refractivity contribution in [2.75, 3.05) is 45.0 Å². The summed E-state index contributed by atoms with van der Waals surface area (Å²) in [5.41, 5.74) is 2.95. The number of Topliss-reactive ketones (excluding diaryl/α,β-unsaturated/α-hetero) is 4. The van der Waals surface area contributed by atoms with Gasteiger partial charge in [-0.1, -0.05) is 0 Å². The summed E-state index contributed by atoms with van der Waals surface area (Å²) in [6.07, 6.45) is 0.0706. The Bertz CT molecular complexity index is 1400. The summed E-state index contributed by atoms with van der Waals surface area (Å²) in [5, 5.41) is 28.6. The average molecular weight is 586 g/mol. The molecule has 1 aromatic carbocycles. The maximum atomic E-state index is 14.1. The smallest absolute Gasteiger partial charge is 0.238 e. The molecule has 0 saturated heterocycles. The molecule has 3 aliphatic carbocycles. The van der Waals surface area contributed by atoms with Gasteiger partial charge in [-0.15, -0.1) is 0 Å². The van der Waals surface area contributed by atoms with Gasteiger partial charge in [-0.25, -0.2) is 0 Å². The van der Waals surface area contributed by atoms with Gasteiger partial charge in [0.05, 0.1) is 29.8 Å². The summed E-state index contributed by atoms with van der Waals surface area (Å²) in [4.78, 5) is 82.7. The number of anilines is 2. The molecule has 228 valence electrons. The molecule has 6 atom stereocenters. The van der Waals surface area contributed by atoms with Crippen molar-refractivity contribution in [1.29, 1.82) is 0 Å². The number of rotatable bonds is 6. The lowest BCUT2D eigenvalue weighted by Gasteiger charge is -2.52. The number of ketones is 4. The van der Waals surface area contributed by atoms with E-state index in [0.717, 1.165) is 0 Å². The molecule has 2 fully saturated rings. The van der Waals surface area contributed by atoms with Crippen LogP contribution in [0, 0.1) is 23.7 Å². The zero-order chi connectivity index (χ0) is 31.6. The normalized spacial score (nSPS) is 29.1. The number of nitrogens with two attached hydrogens (primary N) is 1. The second kappa shape index (κ2) is 10.5. The van der Waals surface area contributed by atoms with Crippen LogP contribution < -0.4 is 21.3 Å². The Morgan fingerprint density at radius 1 is 1.10 bits per heavy atom. The number of phenols is 1. The molecule has 4 rings (SSSR count). The van der Waals surface area contributed by atoms with Crippen molar-refractivity contribution < 1.29 is 39.0 Å². The molecule has 13 heteroatoms. The Morgan fingerprint density at radius 3 is 2.24 bits per heavy atom. The molecule has 0 radical (unpaired) electrons. The number of carbonyl (C=O) groups is 6. The Hall–Kier alpha value is -3.68. The Morgan fingerprint density at radius 2 is 1.71 bits per heavy atom. The third kappa shape index (κ3) is 4.88. The van der Waals surface area contributed by atoms with Crippen LogP contribution in [-0.4, -0.2) is 102 Å². The molecule has 0 bridgehead atoms. The van der Waals surface area contributed by atoms with Crippen molar-refractivity contribution in [1.82, 2.24) is 10.2 Å². The van der Waals surface area contributed by atoms with Crippen LogP contribution >= 0.6 is 0 Å². The SMILES string of the molecule is CN(C)c1cc(NC(=O)CNC(C)(C)C)c(O)c2c1C[C@@H]1C[C@@H]3[C@@H](N(C)C)C(=O)C(C(N)=O)C(=O)[C@]3(O)C(=O)C1C2=O. The summed E-state index contributed by atoms with van der Waals surface area (Å²) in [6.45, 7) is 5.58. The number of nitrogens with zero attached hydrogens (tertiary/aromatic N) is 2. The minimum atomic E-state index is -2.80. The number of hydrogen-bond donors (Lipinski definition) is 5.